The van der Waals surface area contributed by atoms with Crippen LogP contribution < -0.4 is 4.90 Å². The number of hydrogen-bond donors (Lipinski definition) is 2. The molecule has 0 aliphatic carbocycles. The van der Waals surface area contributed by atoms with E-state index < -0.39 is 5.97 Å². The number of carbonyl (C=O) groups is 2. The molecule has 18 heavy (non-hydrogen) atoms. The van der Waals surface area contributed by atoms with Crippen LogP contribution in [0.1, 0.15) is 16.8 Å². The van der Waals surface area contributed by atoms with Crippen molar-refractivity contribution >= 4 is 33.5 Å². The molecule has 1 aliphatic rings. The number of carbonyl (C=O) groups excluding carboxylic acids is 1. The highest BCUT2D eigenvalue weighted by molar-refractivity contribution is 9.10. The molecule has 6 heteroatoms. The zero-order valence-electron chi connectivity index (χ0n) is 9.47. The van der Waals surface area contributed by atoms with Gasteiger partial charge in [-0.05, 0) is 18.2 Å². The Hall–Kier alpha value is -1.40. The van der Waals surface area contributed by atoms with Crippen LogP contribution in [0, 0.1) is 5.92 Å². The molecular weight excluding hydrogens is 302 g/mol. The summed E-state index contributed by atoms with van der Waals surface area (Å²) in [5.41, 5.74) is 0.669. The lowest BCUT2D eigenvalue weighted by molar-refractivity contribution is -0.117. The lowest BCUT2D eigenvalue weighted by Gasteiger charge is -2.17. The van der Waals surface area contributed by atoms with Gasteiger partial charge in [-0.1, -0.05) is 15.9 Å². The Morgan fingerprint density at radius 1 is 1.44 bits per heavy atom. The first-order valence-corrected chi connectivity index (χ1v) is 6.25. The standard InChI is InChI=1S/C12H12BrNO4/c13-9-2-8(12(17)18)3-10(4-9)14-5-7(6-15)1-11(14)16/h2-4,7,15H,1,5-6H2,(H,17,18). The second-order valence-corrected chi connectivity index (χ2v) is 5.18. The molecule has 1 unspecified atom stereocenters. The number of halogens is 1. The van der Waals surface area contributed by atoms with Crippen LogP contribution >= 0.6 is 15.9 Å². The predicted molar refractivity (Wildman–Crippen MR) is 68.6 cm³/mol. The number of aliphatic hydroxyl groups excluding tert-OH is 1. The van der Waals surface area contributed by atoms with Gasteiger partial charge in [0.2, 0.25) is 5.91 Å². The van der Waals surface area contributed by atoms with Gasteiger partial charge in [-0.25, -0.2) is 4.79 Å². The first kappa shape index (κ1) is 13.0. The van der Waals surface area contributed by atoms with Crippen LogP contribution in [0.3, 0.4) is 0 Å². The van der Waals surface area contributed by atoms with E-state index in [0.29, 0.717) is 23.1 Å². The smallest absolute Gasteiger partial charge is 0.335 e. The van der Waals surface area contributed by atoms with E-state index >= 15 is 0 Å². The van der Waals surface area contributed by atoms with Crippen molar-refractivity contribution in [1.82, 2.24) is 0 Å². The van der Waals surface area contributed by atoms with Crippen LogP contribution in [0.15, 0.2) is 22.7 Å². The van der Waals surface area contributed by atoms with Gasteiger partial charge in [0.25, 0.3) is 0 Å². The molecule has 5 nitrogen and oxygen atoms in total. The summed E-state index contributed by atoms with van der Waals surface area (Å²) >= 11 is 3.23. The lowest BCUT2D eigenvalue weighted by Crippen LogP contribution is -2.25. The van der Waals surface area contributed by atoms with E-state index in [2.05, 4.69) is 15.9 Å². The number of amides is 1. The Kier molecular flexibility index (Phi) is 3.68. The van der Waals surface area contributed by atoms with Gasteiger partial charge in [0.05, 0.1) is 5.56 Å². The highest BCUT2D eigenvalue weighted by Crippen LogP contribution is 2.28. The van der Waals surface area contributed by atoms with Gasteiger partial charge >= 0.3 is 5.97 Å². The molecule has 1 atom stereocenters. The Morgan fingerprint density at radius 2 is 2.17 bits per heavy atom. The molecule has 1 aliphatic heterocycles. The molecular formula is C12H12BrNO4. The maximum Gasteiger partial charge on any atom is 0.335 e. The Balaban J connectivity index is 2.34. The first-order chi connectivity index (χ1) is 8.51. The second-order valence-electron chi connectivity index (χ2n) is 4.26. The van der Waals surface area contributed by atoms with Gasteiger partial charge in [-0.15, -0.1) is 0 Å². The SMILES string of the molecule is O=C(O)c1cc(Br)cc(N2CC(CO)CC2=O)c1. The number of hydrogen-bond acceptors (Lipinski definition) is 3. The third kappa shape index (κ3) is 2.54. The summed E-state index contributed by atoms with van der Waals surface area (Å²) in [4.78, 5) is 24.3. The van der Waals surface area contributed by atoms with Crippen LogP contribution in [-0.4, -0.2) is 35.2 Å². The van der Waals surface area contributed by atoms with Crippen LogP contribution in [0.25, 0.3) is 0 Å². The Bertz CT molecular complexity index is 503. The summed E-state index contributed by atoms with van der Waals surface area (Å²) in [7, 11) is 0. The van der Waals surface area contributed by atoms with Gasteiger partial charge in [-0.2, -0.15) is 0 Å². The molecule has 0 radical (unpaired) electrons. The first-order valence-electron chi connectivity index (χ1n) is 5.46. The summed E-state index contributed by atoms with van der Waals surface area (Å²) < 4.78 is 0.609. The van der Waals surface area contributed by atoms with Crippen LogP contribution in [0.4, 0.5) is 5.69 Å². The number of aliphatic hydroxyl groups is 1. The van der Waals surface area contributed by atoms with E-state index in [1.165, 1.54) is 17.0 Å². The molecule has 0 aromatic heterocycles. The molecule has 1 fully saturated rings. The summed E-state index contributed by atoms with van der Waals surface area (Å²) in [6, 6.07) is 4.64. The van der Waals surface area contributed by atoms with E-state index in [0.717, 1.165) is 0 Å². The number of rotatable bonds is 3. The highest BCUT2D eigenvalue weighted by Gasteiger charge is 2.30. The van der Waals surface area contributed by atoms with Crippen molar-refractivity contribution in [3.63, 3.8) is 0 Å². The molecule has 1 heterocycles. The van der Waals surface area contributed by atoms with Crippen LogP contribution in [-0.2, 0) is 4.79 Å². The van der Waals surface area contributed by atoms with E-state index in [4.69, 9.17) is 10.2 Å². The fraction of sp³-hybridized carbons (Fsp3) is 0.333. The van der Waals surface area contributed by atoms with Gasteiger partial charge < -0.3 is 15.1 Å². The van der Waals surface area contributed by atoms with Gasteiger partial charge in [-0.3, -0.25) is 4.79 Å². The predicted octanol–water partition coefficient (Wildman–Crippen LogP) is 1.49. The molecule has 1 saturated heterocycles. The van der Waals surface area contributed by atoms with Crippen molar-refractivity contribution in [3.8, 4) is 0 Å². The fourth-order valence-electron chi connectivity index (χ4n) is 2.01. The van der Waals surface area contributed by atoms with Crippen LogP contribution in [0.2, 0.25) is 0 Å². The van der Waals surface area contributed by atoms with E-state index in [-0.39, 0.29) is 24.0 Å². The molecule has 1 aromatic carbocycles. The van der Waals surface area contributed by atoms with Crippen molar-refractivity contribution < 1.29 is 19.8 Å². The normalized spacial score (nSPS) is 19.3. The molecule has 0 saturated carbocycles. The molecule has 0 bridgehead atoms. The molecule has 2 N–H and O–H groups in total. The largest absolute Gasteiger partial charge is 0.478 e. The zero-order chi connectivity index (χ0) is 13.3. The highest BCUT2D eigenvalue weighted by atomic mass is 79.9. The molecule has 2 rings (SSSR count). The van der Waals surface area contributed by atoms with Crippen molar-refractivity contribution in [2.24, 2.45) is 5.92 Å². The van der Waals surface area contributed by atoms with E-state index in [9.17, 15) is 9.59 Å². The average molecular weight is 314 g/mol. The minimum atomic E-state index is -1.04. The summed E-state index contributed by atoms with van der Waals surface area (Å²) in [5.74, 6) is -1.21. The second kappa shape index (κ2) is 5.07. The van der Waals surface area contributed by atoms with Gasteiger partial charge in [0.15, 0.2) is 0 Å². The van der Waals surface area contributed by atoms with Crippen LogP contribution in [0.5, 0.6) is 0 Å². The number of carboxylic acid groups (broad SMARTS) is 1. The third-order valence-corrected chi connectivity index (χ3v) is 3.36. The summed E-state index contributed by atoms with van der Waals surface area (Å²) in [6.07, 6.45) is 0.297. The minimum absolute atomic E-state index is 0.0397. The molecule has 96 valence electrons. The summed E-state index contributed by atoms with van der Waals surface area (Å²) in [6.45, 7) is 0.382. The van der Waals surface area contributed by atoms with Crippen molar-refractivity contribution in [2.45, 2.75) is 6.42 Å². The number of aromatic carboxylic acids is 1. The monoisotopic (exact) mass is 313 g/mol. The van der Waals surface area contributed by atoms with E-state index in [1.807, 2.05) is 0 Å². The number of anilines is 1. The number of nitrogens with zero attached hydrogens (tertiary/aromatic N) is 1. The molecule has 1 aromatic rings. The maximum atomic E-state index is 11.8. The van der Waals surface area contributed by atoms with Crippen molar-refractivity contribution in [1.29, 1.82) is 0 Å². The average Bonchev–Trinajstić information content (AvgIpc) is 2.69. The Labute approximate surface area is 112 Å². The number of benzene rings is 1. The quantitative estimate of drug-likeness (QED) is 0.886. The maximum absolute atomic E-state index is 11.8. The zero-order valence-corrected chi connectivity index (χ0v) is 11.1. The minimum Gasteiger partial charge on any atom is -0.478 e. The van der Waals surface area contributed by atoms with Gasteiger partial charge in [0, 0.05) is 35.7 Å². The topological polar surface area (TPSA) is 77.8 Å². The molecule has 0 spiro atoms. The van der Waals surface area contributed by atoms with E-state index in [1.54, 1.807) is 6.07 Å². The van der Waals surface area contributed by atoms with Gasteiger partial charge in [0.1, 0.15) is 0 Å². The van der Waals surface area contributed by atoms with Crippen molar-refractivity contribution in [3.05, 3.63) is 28.2 Å². The lowest BCUT2D eigenvalue weighted by atomic mass is 10.1. The van der Waals surface area contributed by atoms with Crippen molar-refractivity contribution in [2.75, 3.05) is 18.1 Å². The number of carboxylic acids is 1. The third-order valence-electron chi connectivity index (χ3n) is 2.90. The molecule has 1 amide bonds. The fourth-order valence-corrected chi connectivity index (χ4v) is 2.49. The summed E-state index contributed by atoms with van der Waals surface area (Å²) in [5, 5.41) is 18.0. The Morgan fingerprint density at radius 3 is 2.72 bits per heavy atom.